The summed E-state index contributed by atoms with van der Waals surface area (Å²) in [7, 11) is -3.72. The highest BCUT2D eigenvalue weighted by molar-refractivity contribution is 7.90. The van der Waals surface area contributed by atoms with E-state index >= 15 is 0 Å². The number of carboxylic acids is 1. The number of sulfonamides is 1. The van der Waals surface area contributed by atoms with Gasteiger partial charge in [0.15, 0.2) is 5.75 Å². The normalized spacial score (nSPS) is 11.5. The highest BCUT2D eigenvalue weighted by Crippen LogP contribution is 1.86. The molecule has 0 atom stereocenters. The van der Waals surface area contributed by atoms with Gasteiger partial charge in [0.25, 0.3) is 0 Å². The van der Waals surface area contributed by atoms with Gasteiger partial charge in [0.05, 0.1) is 6.54 Å². The summed E-state index contributed by atoms with van der Waals surface area (Å²) in [4.78, 5) is 10.2. The third-order valence-corrected chi connectivity index (χ3v) is 2.81. The van der Waals surface area contributed by atoms with Gasteiger partial charge >= 0.3 is 5.97 Å². The molecule has 0 aliphatic carbocycles. The second-order valence-electron chi connectivity index (χ2n) is 2.82. The summed E-state index contributed by atoms with van der Waals surface area (Å²) in [5, 5.41) is 12.2. The van der Waals surface area contributed by atoms with Gasteiger partial charge in [0.2, 0.25) is 10.0 Å². The lowest BCUT2D eigenvalue weighted by molar-refractivity contribution is -0.134. The quantitative estimate of drug-likeness (QED) is 0.648. The zero-order valence-corrected chi connectivity index (χ0v) is 8.64. The molecule has 0 unspecified atom stereocenters. The molecule has 2 N–H and O–H groups in total. The molecule has 0 fully saturated rings. The number of rotatable bonds is 6. The van der Waals surface area contributed by atoms with Crippen LogP contribution in [0.15, 0.2) is 18.5 Å². The van der Waals surface area contributed by atoms with Gasteiger partial charge < -0.3 is 5.11 Å². The predicted molar refractivity (Wildman–Crippen MR) is 51.7 cm³/mol. The van der Waals surface area contributed by atoms with Crippen LogP contribution in [-0.2, 0) is 21.4 Å². The van der Waals surface area contributed by atoms with E-state index in [1.54, 1.807) is 23.1 Å². The summed E-state index contributed by atoms with van der Waals surface area (Å²) in [5.74, 6) is -2.28. The van der Waals surface area contributed by atoms with Crippen LogP contribution in [-0.4, -0.2) is 41.6 Å². The van der Waals surface area contributed by atoms with Gasteiger partial charge in [-0.15, -0.1) is 0 Å². The van der Waals surface area contributed by atoms with Crippen LogP contribution >= 0.6 is 0 Å². The zero-order valence-electron chi connectivity index (χ0n) is 7.83. The van der Waals surface area contributed by atoms with E-state index in [2.05, 4.69) is 9.82 Å². The van der Waals surface area contributed by atoms with Crippen molar-refractivity contribution >= 4 is 16.0 Å². The molecule has 7 nitrogen and oxygen atoms in total. The Labute approximate surface area is 86.8 Å². The first kappa shape index (κ1) is 11.7. The van der Waals surface area contributed by atoms with Gasteiger partial charge in [0, 0.05) is 18.9 Å². The van der Waals surface area contributed by atoms with Crippen LogP contribution in [0.1, 0.15) is 0 Å². The maximum absolute atomic E-state index is 11.0. The summed E-state index contributed by atoms with van der Waals surface area (Å²) in [6, 6.07) is 1.71. The first-order chi connectivity index (χ1) is 6.99. The SMILES string of the molecule is O=C(O)CS(=O)(=O)NCCn1cccn1. The number of aromatic nitrogens is 2. The van der Waals surface area contributed by atoms with E-state index in [4.69, 9.17) is 5.11 Å². The number of nitrogens with zero attached hydrogens (tertiary/aromatic N) is 2. The number of nitrogens with one attached hydrogen (secondary N) is 1. The Hall–Kier alpha value is -1.41. The van der Waals surface area contributed by atoms with Crippen LogP contribution in [0.2, 0.25) is 0 Å². The Kier molecular flexibility index (Phi) is 3.81. The van der Waals surface area contributed by atoms with Crippen molar-refractivity contribution < 1.29 is 18.3 Å². The van der Waals surface area contributed by atoms with E-state index in [9.17, 15) is 13.2 Å². The second-order valence-corrected chi connectivity index (χ2v) is 4.62. The maximum atomic E-state index is 11.0. The van der Waals surface area contributed by atoms with Crippen LogP contribution in [0.4, 0.5) is 0 Å². The topological polar surface area (TPSA) is 101 Å². The van der Waals surface area contributed by atoms with Crippen molar-refractivity contribution in [3.63, 3.8) is 0 Å². The molecule has 0 bridgehead atoms. The molecule has 0 amide bonds. The molecule has 1 aromatic rings. The van der Waals surface area contributed by atoms with E-state index < -0.39 is 21.7 Å². The molecule has 1 rings (SSSR count). The van der Waals surface area contributed by atoms with Crippen molar-refractivity contribution in [3.8, 4) is 0 Å². The van der Waals surface area contributed by atoms with Crippen molar-refractivity contribution in [3.05, 3.63) is 18.5 Å². The Morgan fingerprint density at radius 3 is 2.80 bits per heavy atom. The lowest BCUT2D eigenvalue weighted by Crippen LogP contribution is -2.32. The molecule has 1 aromatic heterocycles. The van der Waals surface area contributed by atoms with Gasteiger partial charge in [-0.1, -0.05) is 0 Å². The molecule has 84 valence electrons. The zero-order chi connectivity index (χ0) is 11.3. The largest absolute Gasteiger partial charge is 0.480 e. The molecule has 0 radical (unpaired) electrons. The third kappa shape index (κ3) is 4.56. The molecule has 0 spiro atoms. The van der Waals surface area contributed by atoms with E-state index in [-0.39, 0.29) is 6.54 Å². The summed E-state index contributed by atoms with van der Waals surface area (Å²) >= 11 is 0. The summed E-state index contributed by atoms with van der Waals surface area (Å²) < 4.78 is 25.8. The highest BCUT2D eigenvalue weighted by Gasteiger charge is 2.14. The number of carbonyl (C=O) groups is 1. The van der Waals surface area contributed by atoms with E-state index in [0.29, 0.717) is 6.54 Å². The van der Waals surface area contributed by atoms with Crippen LogP contribution in [0.5, 0.6) is 0 Å². The minimum atomic E-state index is -3.72. The third-order valence-electron chi connectivity index (χ3n) is 1.54. The van der Waals surface area contributed by atoms with Gasteiger partial charge in [-0.2, -0.15) is 5.10 Å². The Morgan fingerprint density at radius 1 is 1.53 bits per heavy atom. The summed E-state index contributed by atoms with van der Waals surface area (Å²) in [6.07, 6.45) is 3.26. The fourth-order valence-electron chi connectivity index (χ4n) is 0.962. The van der Waals surface area contributed by atoms with Crippen molar-refractivity contribution in [2.75, 3.05) is 12.3 Å². The van der Waals surface area contributed by atoms with E-state index in [0.717, 1.165) is 0 Å². The number of hydrogen-bond donors (Lipinski definition) is 2. The molecule has 0 aliphatic rings. The molecule has 0 aliphatic heterocycles. The standard InChI is InChI=1S/C7H11N3O4S/c11-7(12)6-15(13,14)9-3-5-10-4-1-2-8-10/h1-2,4,9H,3,5-6H2,(H,11,12). The molecule has 0 saturated heterocycles. The van der Waals surface area contributed by atoms with Crippen molar-refractivity contribution in [2.45, 2.75) is 6.54 Å². The monoisotopic (exact) mass is 233 g/mol. The maximum Gasteiger partial charge on any atom is 0.320 e. The Bertz CT molecular complexity index is 411. The summed E-state index contributed by atoms with van der Waals surface area (Å²) in [5.41, 5.74) is 0. The van der Waals surface area contributed by atoms with Gasteiger partial charge in [-0.25, -0.2) is 13.1 Å². The lowest BCUT2D eigenvalue weighted by atomic mass is 10.6. The van der Waals surface area contributed by atoms with Gasteiger partial charge in [0.1, 0.15) is 0 Å². The lowest BCUT2D eigenvalue weighted by Gasteiger charge is -2.04. The Morgan fingerprint density at radius 2 is 2.27 bits per heavy atom. The minimum Gasteiger partial charge on any atom is -0.480 e. The predicted octanol–water partition coefficient (Wildman–Crippen LogP) is -1.11. The first-order valence-corrected chi connectivity index (χ1v) is 5.81. The molecule has 8 heteroatoms. The van der Waals surface area contributed by atoms with Crippen LogP contribution in [0, 0.1) is 0 Å². The van der Waals surface area contributed by atoms with Crippen LogP contribution in [0.25, 0.3) is 0 Å². The Balaban J connectivity index is 2.34. The smallest absolute Gasteiger partial charge is 0.320 e. The number of carboxylic acid groups (broad SMARTS) is 1. The highest BCUT2D eigenvalue weighted by atomic mass is 32.2. The van der Waals surface area contributed by atoms with Gasteiger partial charge in [-0.3, -0.25) is 9.48 Å². The number of aliphatic carboxylic acids is 1. The molecule has 0 aromatic carbocycles. The molecule has 15 heavy (non-hydrogen) atoms. The second kappa shape index (κ2) is 4.89. The summed E-state index contributed by atoms with van der Waals surface area (Å²) in [6.45, 7) is 0.489. The average Bonchev–Trinajstić information content (AvgIpc) is 2.53. The fourth-order valence-corrected chi connectivity index (χ4v) is 1.79. The van der Waals surface area contributed by atoms with Crippen LogP contribution < -0.4 is 4.72 Å². The average molecular weight is 233 g/mol. The van der Waals surface area contributed by atoms with E-state index in [1.165, 1.54) is 0 Å². The van der Waals surface area contributed by atoms with Crippen LogP contribution in [0.3, 0.4) is 0 Å². The fraction of sp³-hybridized carbons (Fsp3) is 0.429. The number of hydrogen-bond acceptors (Lipinski definition) is 4. The molecular weight excluding hydrogens is 222 g/mol. The van der Waals surface area contributed by atoms with Gasteiger partial charge in [-0.05, 0) is 6.07 Å². The molecule has 0 saturated carbocycles. The van der Waals surface area contributed by atoms with E-state index in [1.807, 2.05) is 0 Å². The minimum absolute atomic E-state index is 0.122. The molecular formula is C7H11N3O4S. The first-order valence-electron chi connectivity index (χ1n) is 4.16. The van der Waals surface area contributed by atoms with Crippen molar-refractivity contribution in [1.29, 1.82) is 0 Å². The molecule has 1 heterocycles. The van der Waals surface area contributed by atoms with Crippen molar-refractivity contribution in [2.24, 2.45) is 0 Å². The van der Waals surface area contributed by atoms with Crippen molar-refractivity contribution in [1.82, 2.24) is 14.5 Å².